The van der Waals surface area contributed by atoms with Crippen LogP contribution >= 0.6 is 0 Å². The van der Waals surface area contributed by atoms with Crippen LogP contribution < -0.4 is 0 Å². The van der Waals surface area contributed by atoms with Crippen molar-refractivity contribution in [2.24, 2.45) is 5.92 Å². The molecule has 1 saturated carbocycles. The molecular formula is C17H24N2O3S. The van der Waals surface area contributed by atoms with Gasteiger partial charge in [-0.15, -0.1) is 0 Å². The van der Waals surface area contributed by atoms with Crippen LogP contribution in [0.4, 0.5) is 0 Å². The Morgan fingerprint density at radius 1 is 1.26 bits per heavy atom. The first-order valence-corrected chi connectivity index (χ1v) is 10.0. The number of carbonyl (C=O) groups excluding carboxylic acids is 1. The molecule has 1 amide bonds. The van der Waals surface area contributed by atoms with Crippen LogP contribution in [-0.4, -0.2) is 62.3 Å². The van der Waals surface area contributed by atoms with Crippen LogP contribution in [0.3, 0.4) is 0 Å². The lowest BCUT2D eigenvalue weighted by Crippen LogP contribution is -2.39. The summed E-state index contributed by atoms with van der Waals surface area (Å²) >= 11 is 0. The maximum absolute atomic E-state index is 12.5. The molecule has 0 radical (unpaired) electrons. The van der Waals surface area contributed by atoms with Gasteiger partial charge in [0, 0.05) is 38.8 Å². The molecular weight excluding hydrogens is 312 g/mol. The van der Waals surface area contributed by atoms with E-state index in [0.717, 1.165) is 17.7 Å². The lowest BCUT2D eigenvalue weighted by molar-refractivity contribution is 0.0788. The Morgan fingerprint density at radius 2 is 1.96 bits per heavy atom. The minimum Gasteiger partial charge on any atom is -0.341 e. The van der Waals surface area contributed by atoms with E-state index in [1.165, 1.54) is 12.8 Å². The standard InChI is InChI=1S/C17H24N2O3S/c1-18(12-14-5-6-14)17(20)16-4-2-3-15(11-16)13-19-7-9-23(21,22)10-8-19/h2-4,11,14H,5-10,12-13H2,1H3. The molecule has 0 unspecified atom stereocenters. The smallest absolute Gasteiger partial charge is 0.253 e. The van der Waals surface area contributed by atoms with Gasteiger partial charge in [-0.25, -0.2) is 8.42 Å². The van der Waals surface area contributed by atoms with Crippen molar-refractivity contribution >= 4 is 15.7 Å². The van der Waals surface area contributed by atoms with Crippen LogP contribution in [0, 0.1) is 5.92 Å². The average molecular weight is 336 g/mol. The molecule has 2 fully saturated rings. The van der Waals surface area contributed by atoms with Gasteiger partial charge in [-0.1, -0.05) is 12.1 Å². The Bertz CT molecular complexity index is 669. The molecule has 0 N–H and O–H groups in total. The van der Waals surface area contributed by atoms with Crippen molar-refractivity contribution in [3.05, 3.63) is 35.4 Å². The summed E-state index contributed by atoms with van der Waals surface area (Å²) in [4.78, 5) is 16.4. The van der Waals surface area contributed by atoms with E-state index in [1.54, 1.807) is 0 Å². The second kappa shape index (κ2) is 6.61. The quantitative estimate of drug-likeness (QED) is 0.815. The highest BCUT2D eigenvalue weighted by Crippen LogP contribution is 2.29. The van der Waals surface area contributed by atoms with Gasteiger partial charge in [0.1, 0.15) is 0 Å². The van der Waals surface area contributed by atoms with Gasteiger partial charge in [0.15, 0.2) is 9.84 Å². The third-order valence-electron chi connectivity index (χ3n) is 4.59. The van der Waals surface area contributed by atoms with Gasteiger partial charge in [0.25, 0.3) is 5.91 Å². The SMILES string of the molecule is CN(CC1CC1)C(=O)c1cccc(CN2CCS(=O)(=O)CC2)c1. The Morgan fingerprint density at radius 3 is 2.61 bits per heavy atom. The lowest BCUT2D eigenvalue weighted by Gasteiger charge is -2.26. The molecule has 1 aliphatic carbocycles. The van der Waals surface area contributed by atoms with E-state index in [-0.39, 0.29) is 17.4 Å². The maximum Gasteiger partial charge on any atom is 0.253 e. The number of carbonyl (C=O) groups is 1. The third kappa shape index (κ3) is 4.54. The van der Waals surface area contributed by atoms with Crippen LogP contribution in [0.5, 0.6) is 0 Å². The number of rotatable bonds is 5. The van der Waals surface area contributed by atoms with E-state index in [4.69, 9.17) is 0 Å². The Balaban J connectivity index is 1.61. The number of sulfone groups is 1. The highest BCUT2D eigenvalue weighted by molar-refractivity contribution is 7.91. The first-order chi connectivity index (χ1) is 10.9. The monoisotopic (exact) mass is 336 g/mol. The molecule has 0 atom stereocenters. The van der Waals surface area contributed by atoms with Gasteiger partial charge >= 0.3 is 0 Å². The molecule has 2 aliphatic rings. The molecule has 1 aliphatic heterocycles. The second-order valence-corrected chi connectivity index (χ2v) is 9.06. The van der Waals surface area contributed by atoms with Crippen LogP contribution in [0.1, 0.15) is 28.8 Å². The Labute approximate surface area is 138 Å². The fraction of sp³-hybridized carbons (Fsp3) is 0.588. The Kier molecular flexibility index (Phi) is 4.73. The van der Waals surface area contributed by atoms with Gasteiger partial charge in [0.05, 0.1) is 11.5 Å². The van der Waals surface area contributed by atoms with Crippen molar-refractivity contribution in [1.29, 1.82) is 0 Å². The molecule has 3 rings (SSSR count). The molecule has 1 aromatic rings. The van der Waals surface area contributed by atoms with Crippen molar-refractivity contribution in [3.63, 3.8) is 0 Å². The third-order valence-corrected chi connectivity index (χ3v) is 6.20. The molecule has 5 nitrogen and oxygen atoms in total. The summed E-state index contributed by atoms with van der Waals surface area (Å²) in [5.74, 6) is 1.22. The zero-order chi connectivity index (χ0) is 16.4. The largest absolute Gasteiger partial charge is 0.341 e. The highest BCUT2D eigenvalue weighted by Gasteiger charge is 2.25. The summed E-state index contributed by atoms with van der Waals surface area (Å²) in [6.07, 6.45) is 2.46. The van der Waals surface area contributed by atoms with Crippen molar-refractivity contribution in [2.45, 2.75) is 19.4 Å². The zero-order valence-electron chi connectivity index (χ0n) is 13.6. The summed E-state index contributed by atoms with van der Waals surface area (Å²) in [5.41, 5.74) is 1.78. The normalized spacial score (nSPS) is 21.1. The molecule has 1 aromatic carbocycles. The number of hydrogen-bond acceptors (Lipinski definition) is 4. The number of amides is 1. The van der Waals surface area contributed by atoms with Crippen molar-refractivity contribution in [1.82, 2.24) is 9.80 Å². The first kappa shape index (κ1) is 16.5. The van der Waals surface area contributed by atoms with Crippen LogP contribution in [0.15, 0.2) is 24.3 Å². The summed E-state index contributed by atoms with van der Waals surface area (Å²) in [6.45, 7) is 2.68. The van der Waals surface area contributed by atoms with Gasteiger partial charge in [-0.2, -0.15) is 0 Å². The van der Waals surface area contributed by atoms with Gasteiger partial charge < -0.3 is 4.90 Å². The molecule has 1 heterocycles. The van der Waals surface area contributed by atoms with Crippen molar-refractivity contribution < 1.29 is 13.2 Å². The minimum atomic E-state index is -2.85. The van der Waals surface area contributed by atoms with Crippen LogP contribution in [0.2, 0.25) is 0 Å². The fourth-order valence-corrected chi connectivity index (χ4v) is 4.24. The number of benzene rings is 1. The van der Waals surface area contributed by atoms with E-state index in [2.05, 4.69) is 4.90 Å². The van der Waals surface area contributed by atoms with Crippen LogP contribution in [-0.2, 0) is 16.4 Å². The van der Waals surface area contributed by atoms with E-state index >= 15 is 0 Å². The fourth-order valence-electron chi connectivity index (χ4n) is 2.96. The van der Waals surface area contributed by atoms with Crippen LogP contribution in [0.25, 0.3) is 0 Å². The number of nitrogens with zero attached hydrogens (tertiary/aromatic N) is 2. The minimum absolute atomic E-state index is 0.0694. The van der Waals surface area contributed by atoms with Gasteiger partial charge in [-0.3, -0.25) is 9.69 Å². The lowest BCUT2D eigenvalue weighted by atomic mass is 10.1. The maximum atomic E-state index is 12.5. The predicted molar refractivity (Wildman–Crippen MR) is 90.1 cm³/mol. The van der Waals surface area contributed by atoms with Crippen molar-refractivity contribution in [3.8, 4) is 0 Å². The summed E-state index contributed by atoms with van der Waals surface area (Å²) in [6, 6.07) is 7.71. The molecule has 1 saturated heterocycles. The van der Waals surface area contributed by atoms with E-state index in [9.17, 15) is 13.2 Å². The predicted octanol–water partition coefficient (Wildman–Crippen LogP) is 1.40. The molecule has 0 aromatic heterocycles. The summed E-state index contributed by atoms with van der Waals surface area (Å²) < 4.78 is 23.0. The molecule has 23 heavy (non-hydrogen) atoms. The Hall–Kier alpha value is -1.40. The molecule has 0 bridgehead atoms. The van der Waals surface area contributed by atoms with E-state index < -0.39 is 9.84 Å². The second-order valence-electron chi connectivity index (χ2n) is 6.76. The first-order valence-electron chi connectivity index (χ1n) is 8.20. The average Bonchev–Trinajstić information content (AvgIpc) is 3.33. The number of hydrogen-bond donors (Lipinski definition) is 0. The topological polar surface area (TPSA) is 57.7 Å². The molecule has 6 heteroatoms. The zero-order valence-corrected chi connectivity index (χ0v) is 14.4. The van der Waals surface area contributed by atoms with Gasteiger partial charge in [-0.05, 0) is 36.5 Å². The van der Waals surface area contributed by atoms with Gasteiger partial charge in [0.2, 0.25) is 0 Å². The van der Waals surface area contributed by atoms with Crippen molar-refractivity contribution in [2.75, 3.05) is 38.2 Å². The summed E-state index contributed by atoms with van der Waals surface area (Å²) in [5, 5.41) is 0. The van der Waals surface area contributed by atoms with E-state index in [0.29, 0.717) is 25.6 Å². The molecule has 126 valence electrons. The van der Waals surface area contributed by atoms with E-state index in [1.807, 2.05) is 36.2 Å². The highest BCUT2D eigenvalue weighted by atomic mass is 32.2. The molecule has 0 spiro atoms. The summed E-state index contributed by atoms with van der Waals surface area (Å²) in [7, 11) is -0.985.